The summed E-state index contributed by atoms with van der Waals surface area (Å²) in [5.74, 6) is 0.642. The van der Waals surface area contributed by atoms with E-state index in [0.29, 0.717) is 15.3 Å². The molecule has 182 valence electrons. The summed E-state index contributed by atoms with van der Waals surface area (Å²) in [6.45, 7) is 0. The predicted molar refractivity (Wildman–Crippen MR) is 151 cm³/mol. The number of aromatic nitrogens is 1. The number of rotatable bonds is 4. The minimum Gasteiger partial charge on any atom is -0.450 e. The number of nitrogens with zero attached hydrogens (tertiary/aromatic N) is 2. The first kappa shape index (κ1) is 23.0. The van der Waals surface area contributed by atoms with Crippen molar-refractivity contribution in [2.24, 2.45) is 4.99 Å². The lowest BCUT2D eigenvalue weighted by atomic mass is 9.85. The fourth-order valence-corrected chi connectivity index (χ4v) is 7.67. The number of thiophene rings is 1. The number of halogens is 1. The van der Waals surface area contributed by atoms with Gasteiger partial charge in [0.25, 0.3) is 5.56 Å². The third-order valence-electron chi connectivity index (χ3n) is 6.59. The van der Waals surface area contributed by atoms with Crippen LogP contribution in [-0.4, -0.2) is 4.57 Å². The van der Waals surface area contributed by atoms with Gasteiger partial charge in [-0.2, -0.15) is 0 Å². The first-order valence-electron chi connectivity index (χ1n) is 11.8. The number of thiazole rings is 1. The highest BCUT2D eigenvalue weighted by atomic mass is 35.5. The molecule has 1 aliphatic heterocycles. The monoisotopic (exact) mass is 558 g/mol. The molecular formula is C29H19ClN2O2S3. The van der Waals surface area contributed by atoms with Crippen LogP contribution in [0, 0.1) is 0 Å². The Hall–Kier alpha value is -3.10. The fraction of sp³-hybridized carbons (Fsp3) is 0.103. The zero-order chi connectivity index (χ0) is 24.9. The molecule has 4 heterocycles. The molecule has 37 heavy (non-hydrogen) atoms. The summed E-state index contributed by atoms with van der Waals surface area (Å²) < 4.78 is 8.54. The minimum absolute atomic E-state index is 0.0316. The van der Waals surface area contributed by atoms with Gasteiger partial charge in [0.2, 0.25) is 0 Å². The SMILES string of the molecule is O=c1/c(=C/c2ccc(Sc3ccc(Cl)cc3)o2)sc2n1[C@H](c1cccs1)C1=C(N=2)c2ccccc2CC1. The van der Waals surface area contributed by atoms with Gasteiger partial charge in [0, 0.05) is 26.4 Å². The van der Waals surface area contributed by atoms with Crippen LogP contribution >= 0.6 is 46.0 Å². The Morgan fingerprint density at radius 1 is 1.03 bits per heavy atom. The van der Waals surface area contributed by atoms with Crippen molar-refractivity contribution in [3.8, 4) is 0 Å². The lowest BCUT2D eigenvalue weighted by Gasteiger charge is -2.30. The molecule has 2 aliphatic rings. The van der Waals surface area contributed by atoms with Crippen molar-refractivity contribution in [2.75, 3.05) is 0 Å². The van der Waals surface area contributed by atoms with Crippen LogP contribution in [0.2, 0.25) is 5.02 Å². The number of benzene rings is 2. The molecule has 0 bridgehead atoms. The summed E-state index contributed by atoms with van der Waals surface area (Å²) in [5.41, 5.74) is 4.71. The summed E-state index contributed by atoms with van der Waals surface area (Å²) in [4.78, 5) is 21.8. The molecular weight excluding hydrogens is 540 g/mol. The van der Waals surface area contributed by atoms with Gasteiger partial charge in [-0.3, -0.25) is 9.36 Å². The third-order valence-corrected chi connectivity index (χ3v) is 9.68. The molecule has 4 nitrogen and oxygen atoms in total. The van der Waals surface area contributed by atoms with Crippen molar-refractivity contribution in [3.63, 3.8) is 0 Å². The Bertz CT molecular complexity index is 1840. The molecule has 7 rings (SSSR count). The van der Waals surface area contributed by atoms with Crippen molar-refractivity contribution < 1.29 is 4.42 Å². The van der Waals surface area contributed by atoms with Crippen molar-refractivity contribution in [1.82, 2.24) is 4.57 Å². The lowest BCUT2D eigenvalue weighted by Crippen LogP contribution is -2.38. The van der Waals surface area contributed by atoms with E-state index in [0.717, 1.165) is 38.2 Å². The van der Waals surface area contributed by atoms with Crippen LogP contribution in [0.5, 0.6) is 0 Å². The van der Waals surface area contributed by atoms with Crippen LogP contribution in [0.3, 0.4) is 0 Å². The number of fused-ring (bicyclic) bond motifs is 3. The number of allylic oxidation sites excluding steroid dienone is 1. The zero-order valence-corrected chi connectivity index (χ0v) is 22.6. The van der Waals surface area contributed by atoms with Gasteiger partial charge in [0.15, 0.2) is 9.89 Å². The average Bonchev–Trinajstić information content (AvgIpc) is 3.66. The van der Waals surface area contributed by atoms with Crippen molar-refractivity contribution in [1.29, 1.82) is 0 Å². The highest BCUT2D eigenvalue weighted by Gasteiger charge is 2.33. The molecule has 0 fully saturated rings. The Kier molecular flexibility index (Phi) is 5.81. The Morgan fingerprint density at radius 3 is 2.73 bits per heavy atom. The first-order valence-corrected chi connectivity index (χ1v) is 14.7. The van der Waals surface area contributed by atoms with Crippen molar-refractivity contribution in [3.05, 3.63) is 130 Å². The smallest absolute Gasteiger partial charge is 0.271 e. The lowest BCUT2D eigenvalue weighted by molar-refractivity contribution is 0.466. The van der Waals surface area contributed by atoms with Crippen LogP contribution in [0.15, 0.2) is 108 Å². The molecule has 2 aromatic carbocycles. The van der Waals surface area contributed by atoms with Gasteiger partial charge in [-0.15, -0.1) is 11.3 Å². The van der Waals surface area contributed by atoms with Gasteiger partial charge in [-0.25, -0.2) is 4.99 Å². The van der Waals surface area contributed by atoms with Crippen LogP contribution in [0.4, 0.5) is 0 Å². The van der Waals surface area contributed by atoms with Crippen LogP contribution in [-0.2, 0) is 6.42 Å². The molecule has 0 N–H and O–H groups in total. The topological polar surface area (TPSA) is 47.5 Å². The molecule has 0 unspecified atom stereocenters. The van der Waals surface area contributed by atoms with Gasteiger partial charge in [-0.05, 0) is 71.8 Å². The van der Waals surface area contributed by atoms with E-state index >= 15 is 0 Å². The Labute approximate surface area is 229 Å². The predicted octanol–water partition coefficient (Wildman–Crippen LogP) is 6.78. The second-order valence-electron chi connectivity index (χ2n) is 8.84. The highest BCUT2D eigenvalue weighted by molar-refractivity contribution is 7.99. The molecule has 0 spiro atoms. The van der Waals surface area contributed by atoms with Crippen LogP contribution in [0.25, 0.3) is 11.8 Å². The molecule has 0 radical (unpaired) electrons. The van der Waals surface area contributed by atoms with Crippen LogP contribution in [0.1, 0.15) is 34.2 Å². The summed E-state index contributed by atoms with van der Waals surface area (Å²) in [6, 6.07) is 24.0. The molecule has 8 heteroatoms. The summed E-state index contributed by atoms with van der Waals surface area (Å²) in [7, 11) is 0. The molecule has 1 atom stereocenters. The second kappa shape index (κ2) is 9.33. The van der Waals surface area contributed by atoms with Crippen molar-refractivity contribution >= 4 is 57.8 Å². The second-order valence-corrected chi connectivity index (χ2v) is 12.3. The quantitative estimate of drug-likeness (QED) is 0.244. The summed E-state index contributed by atoms with van der Waals surface area (Å²) in [6.07, 6.45) is 3.68. The molecule has 0 amide bonds. The standard InChI is InChI=1S/C29H19ClN2O2S3/c30-18-8-11-20(12-9-18)36-25-14-10-19(34-25)16-24-28(33)32-27(23-6-3-15-35-23)22-13-7-17-4-1-2-5-21(17)26(22)31-29(32)37-24/h1-6,8-12,14-16,27H,7,13H2/b24-16-/t27-/m0/s1. The molecule has 0 saturated heterocycles. The van der Waals surface area contributed by atoms with Crippen LogP contribution < -0.4 is 14.9 Å². The average molecular weight is 559 g/mol. The summed E-state index contributed by atoms with van der Waals surface area (Å²) in [5, 5.41) is 3.53. The Morgan fingerprint density at radius 2 is 1.89 bits per heavy atom. The van der Waals surface area contributed by atoms with E-state index < -0.39 is 0 Å². The maximum absolute atomic E-state index is 13.8. The van der Waals surface area contributed by atoms with Crippen molar-refractivity contribution in [2.45, 2.75) is 28.9 Å². The maximum Gasteiger partial charge on any atom is 0.271 e. The van der Waals surface area contributed by atoms with Gasteiger partial charge in [-0.1, -0.05) is 65.0 Å². The number of furan rings is 1. The zero-order valence-electron chi connectivity index (χ0n) is 19.4. The number of aryl methyl sites for hydroxylation is 1. The third kappa shape index (κ3) is 4.16. The summed E-state index contributed by atoms with van der Waals surface area (Å²) >= 11 is 10.6. The molecule has 5 aromatic rings. The number of hydrogen-bond donors (Lipinski definition) is 0. The number of hydrogen-bond acceptors (Lipinski definition) is 6. The van der Waals surface area contributed by atoms with E-state index in [4.69, 9.17) is 21.0 Å². The van der Waals surface area contributed by atoms with E-state index in [1.165, 1.54) is 39.8 Å². The van der Waals surface area contributed by atoms with E-state index in [1.54, 1.807) is 11.3 Å². The Balaban J connectivity index is 1.33. The first-order chi connectivity index (χ1) is 18.1. The largest absolute Gasteiger partial charge is 0.450 e. The molecule has 1 aliphatic carbocycles. The van der Waals surface area contributed by atoms with Gasteiger partial charge < -0.3 is 4.42 Å². The van der Waals surface area contributed by atoms with E-state index in [2.05, 4.69) is 41.8 Å². The minimum atomic E-state index is -0.130. The fourth-order valence-electron chi connectivity index (χ4n) is 4.93. The van der Waals surface area contributed by atoms with E-state index in [9.17, 15) is 4.79 Å². The normalized spacial score (nSPS) is 16.8. The highest BCUT2D eigenvalue weighted by Crippen LogP contribution is 2.42. The van der Waals surface area contributed by atoms with Gasteiger partial charge in [0.1, 0.15) is 5.76 Å². The molecule has 0 saturated carbocycles. The van der Waals surface area contributed by atoms with Gasteiger partial charge >= 0.3 is 0 Å². The molecule has 3 aromatic heterocycles. The van der Waals surface area contributed by atoms with E-state index in [-0.39, 0.29) is 11.6 Å². The van der Waals surface area contributed by atoms with E-state index in [1.807, 2.05) is 47.0 Å². The maximum atomic E-state index is 13.8. The van der Waals surface area contributed by atoms with Gasteiger partial charge in [0.05, 0.1) is 16.3 Å².